The highest BCUT2D eigenvalue weighted by Gasteiger charge is 2.34. The number of carboxylic acid groups (broad SMARTS) is 2. The third-order valence-corrected chi connectivity index (χ3v) is 6.09. The van der Waals surface area contributed by atoms with E-state index in [0.717, 1.165) is 11.6 Å². The number of carbonyl (C=O) groups excluding carboxylic acids is 2. The average molecular weight is 504 g/mol. The summed E-state index contributed by atoms with van der Waals surface area (Å²) in [5.41, 5.74) is 3.03. The van der Waals surface area contributed by atoms with Gasteiger partial charge in [-0.25, -0.2) is 9.59 Å². The van der Waals surface area contributed by atoms with Crippen LogP contribution in [0.1, 0.15) is 43.2 Å². The molecule has 1 aliphatic heterocycles. The van der Waals surface area contributed by atoms with Crippen molar-refractivity contribution in [1.82, 2.24) is 9.88 Å². The molecule has 3 aromatic rings. The van der Waals surface area contributed by atoms with E-state index in [2.05, 4.69) is 5.32 Å². The minimum absolute atomic E-state index is 0.0232. The Morgan fingerprint density at radius 2 is 1.56 bits per heavy atom. The number of thiocarbonyl (C=S) groups is 1. The van der Waals surface area contributed by atoms with Crippen molar-refractivity contribution >= 4 is 52.8 Å². The fraction of sp³-hybridized carbons (Fsp3) is 0.115. The van der Waals surface area contributed by atoms with Crippen molar-refractivity contribution < 1.29 is 29.4 Å². The van der Waals surface area contributed by atoms with Gasteiger partial charge in [-0.1, -0.05) is 12.1 Å². The molecule has 182 valence electrons. The second-order valence-corrected chi connectivity index (χ2v) is 8.72. The van der Waals surface area contributed by atoms with E-state index in [1.807, 2.05) is 13.0 Å². The number of carbonyl (C=O) groups is 4. The first-order valence-electron chi connectivity index (χ1n) is 10.8. The van der Waals surface area contributed by atoms with E-state index in [9.17, 15) is 29.4 Å². The molecule has 0 radical (unpaired) electrons. The summed E-state index contributed by atoms with van der Waals surface area (Å²) in [6.45, 7) is 5.35. The maximum atomic E-state index is 13.3. The summed E-state index contributed by atoms with van der Waals surface area (Å²) in [5.74, 6) is -3.75. The van der Waals surface area contributed by atoms with Crippen molar-refractivity contribution in [1.29, 1.82) is 0 Å². The van der Waals surface area contributed by atoms with E-state index < -0.39 is 23.8 Å². The number of hydrogen-bond donors (Lipinski definition) is 3. The minimum Gasteiger partial charge on any atom is -0.478 e. The second-order valence-electron chi connectivity index (χ2n) is 8.34. The van der Waals surface area contributed by atoms with E-state index in [-0.39, 0.29) is 21.8 Å². The lowest BCUT2D eigenvalue weighted by Crippen LogP contribution is -2.54. The normalized spacial score (nSPS) is 14.8. The van der Waals surface area contributed by atoms with Gasteiger partial charge in [-0.05, 0) is 86.6 Å². The van der Waals surface area contributed by atoms with Gasteiger partial charge in [-0.15, -0.1) is 0 Å². The third kappa shape index (κ3) is 4.41. The summed E-state index contributed by atoms with van der Waals surface area (Å²) < 4.78 is 1.67. The van der Waals surface area contributed by atoms with E-state index in [4.69, 9.17) is 12.2 Å². The van der Waals surface area contributed by atoms with Crippen LogP contribution in [0.4, 0.5) is 5.69 Å². The number of aromatic nitrogens is 1. The van der Waals surface area contributed by atoms with Crippen LogP contribution in [0.2, 0.25) is 0 Å². The molecule has 2 aromatic carbocycles. The van der Waals surface area contributed by atoms with Crippen LogP contribution < -0.4 is 10.2 Å². The molecule has 0 atom stereocenters. The Balaban J connectivity index is 1.81. The van der Waals surface area contributed by atoms with Crippen LogP contribution in [0.15, 0.2) is 54.1 Å². The van der Waals surface area contributed by atoms with Crippen LogP contribution in [0, 0.1) is 20.8 Å². The Labute approximate surface area is 211 Å². The molecule has 3 N–H and O–H groups in total. The number of anilines is 1. The van der Waals surface area contributed by atoms with Crippen LogP contribution >= 0.6 is 12.2 Å². The number of rotatable bonds is 5. The molecule has 0 unspecified atom stereocenters. The number of benzene rings is 2. The monoisotopic (exact) mass is 503 g/mol. The highest BCUT2D eigenvalue weighted by molar-refractivity contribution is 7.80. The summed E-state index contributed by atoms with van der Waals surface area (Å²) in [6.07, 6.45) is 1.44. The van der Waals surface area contributed by atoms with E-state index in [1.54, 1.807) is 42.7 Å². The Morgan fingerprint density at radius 3 is 2.14 bits per heavy atom. The first kappa shape index (κ1) is 24.6. The van der Waals surface area contributed by atoms with Crippen molar-refractivity contribution in [3.8, 4) is 5.69 Å². The number of hydrogen-bond acceptors (Lipinski definition) is 5. The summed E-state index contributed by atoms with van der Waals surface area (Å²) in [6, 6.07) is 12.7. The fourth-order valence-corrected chi connectivity index (χ4v) is 4.41. The van der Waals surface area contributed by atoms with Gasteiger partial charge in [0.1, 0.15) is 5.57 Å². The van der Waals surface area contributed by atoms with Crippen molar-refractivity contribution in [2.24, 2.45) is 0 Å². The number of amides is 2. The molecule has 9 nitrogen and oxygen atoms in total. The Hall–Kier alpha value is -4.57. The summed E-state index contributed by atoms with van der Waals surface area (Å²) in [7, 11) is 0. The number of carboxylic acids is 2. The Kier molecular flexibility index (Phi) is 6.30. The molecule has 4 rings (SSSR count). The van der Waals surface area contributed by atoms with Gasteiger partial charge >= 0.3 is 11.9 Å². The minimum atomic E-state index is -1.26. The lowest BCUT2D eigenvalue weighted by molar-refractivity contribution is -0.122. The molecule has 2 amide bonds. The molecular weight excluding hydrogens is 482 g/mol. The van der Waals surface area contributed by atoms with Crippen molar-refractivity contribution in [3.63, 3.8) is 0 Å². The van der Waals surface area contributed by atoms with Crippen molar-refractivity contribution in [2.45, 2.75) is 20.8 Å². The number of nitrogens with one attached hydrogen (secondary N) is 1. The smallest absolute Gasteiger partial charge is 0.335 e. The molecule has 1 aromatic heterocycles. The molecule has 1 aliphatic rings. The van der Waals surface area contributed by atoms with Gasteiger partial charge in [-0.3, -0.25) is 19.8 Å². The molecule has 36 heavy (non-hydrogen) atoms. The first-order valence-corrected chi connectivity index (χ1v) is 11.2. The van der Waals surface area contributed by atoms with Gasteiger partial charge in [0.05, 0.1) is 16.8 Å². The Morgan fingerprint density at radius 1 is 0.917 bits per heavy atom. The number of nitrogens with zero attached hydrogens (tertiary/aromatic N) is 2. The van der Waals surface area contributed by atoms with Crippen molar-refractivity contribution in [3.05, 3.63) is 87.7 Å². The zero-order valence-electron chi connectivity index (χ0n) is 19.5. The Bertz CT molecular complexity index is 1490. The molecule has 1 fully saturated rings. The molecule has 10 heteroatoms. The molecule has 0 aliphatic carbocycles. The summed E-state index contributed by atoms with van der Waals surface area (Å²) >= 11 is 5.25. The third-order valence-electron chi connectivity index (χ3n) is 5.80. The van der Waals surface area contributed by atoms with Gasteiger partial charge in [0.2, 0.25) is 0 Å². The van der Waals surface area contributed by atoms with Crippen LogP contribution in [-0.2, 0) is 9.59 Å². The van der Waals surface area contributed by atoms with Gasteiger partial charge in [0.15, 0.2) is 5.11 Å². The van der Waals surface area contributed by atoms with Gasteiger partial charge in [0.25, 0.3) is 11.8 Å². The van der Waals surface area contributed by atoms with Gasteiger partial charge in [-0.2, -0.15) is 0 Å². The van der Waals surface area contributed by atoms with Gasteiger partial charge < -0.3 is 14.8 Å². The SMILES string of the molecule is Cc1cccc(N2C(=O)/C(=C/c3cc(C)n(-c4cc(C(=O)O)cc(C(=O)O)c4)c3C)C(=O)NC2=S)c1. The fourth-order valence-electron chi connectivity index (χ4n) is 4.13. The van der Waals surface area contributed by atoms with Crippen LogP contribution in [0.3, 0.4) is 0 Å². The van der Waals surface area contributed by atoms with E-state index in [1.165, 1.54) is 23.1 Å². The topological polar surface area (TPSA) is 129 Å². The zero-order chi connectivity index (χ0) is 26.3. The first-order chi connectivity index (χ1) is 17.0. The number of aromatic carboxylic acids is 2. The molecule has 1 saturated heterocycles. The maximum Gasteiger partial charge on any atom is 0.335 e. The van der Waals surface area contributed by atoms with Crippen LogP contribution in [-0.4, -0.2) is 43.6 Å². The van der Waals surface area contributed by atoms with E-state index >= 15 is 0 Å². The highest BCUT2D eigenvalue weighted by Crippen LogP contribution is 2.27. The molecule has 0 saturated carbocycles. The van der Waals surface area contributed by atoms with E-state index in [0.29, 0.717) is 28.3 Å². The number of aryl methyl sites for hydroxylation is 2. The summed E-state index contributed by atoms with van der Waals surface area (Å²) in [4.78, 5) is 50.4. The van der Waals surface area contributed by atoms with Crippen molar-refractivity contribution in [2.75, 3.05) is 4.90 Å². The standard InChI is InChI=1S/C26H21N3O6S/c1-13-5-4-6-19(7-13)29-23(31)21(22(30)27-26(29)36)12-16-8-14(2)28(15(16)3)20-10-17(24(32)33)9-18(11-20)25(34)35/h4-12H,1-3H3,(H,32,33)(H,34,35)(H,27,30,36)/b21-12+. The zero-order valence-corrected chi connectivity index (χ0v) is 20.3. The quantitative estimate of drug-likeness (QED) is 0.275. The second kappa shape index (κ2) is 9.23. The van der Waals surface area contributed by atoms with Crippen LogP contribution in [0.5, 0.6) is 0 Å². The predicted molar refractivity (Wildman–Crippen MR) is 137 cm³/mol. The molecule has 0 spiro atoms. The van der Waals surface area contributed by atoms with Gasteiger partial charge in [0, 0.05) is 17.1 Å². The van der Waals surface area contributed by atoms with Crippen LogP contribution in [0.25, 0.3) is 11.8 Å². The molecule has 0 bridgehead atoms. The maximum absolute atomic E-state index is 13.3. The molecule has 2 heterocycles. The molecular formula is C26H21N3O6S. The predicted octanol–water partition coefficient (Wildman–Crippen LogP) is 3.63. The lowest BCUT2D eigenvalue weighted by Gasteiger charge is -2.29. The largest absolute Gasteiger partial charge is 0.478 e. The lowest BCUT2D eigenvalue weighted by atomic mass is 10.1. The average Bonchev–Trinajstić information content (AvgIpc) is 3.08. The summed E-state index contributed by atoms with van der Waals surface area (Å²) in [5, 5.41) is 21.4. The highest BCUT2D eigenvalue weighted by atomic mass is 32.1.